The average molecular weight is 384 g/mol. The molecule has 0 radical (unpaired) electrons. The van der Waals surface area contributed by atoms with Gasteiger partial charge >= 0.3 is 6.18 Å². The monoisotopic (exact) mass is 384 g/mol. The number of halogens is 3. The minimum Gasteiger partial charge on any atom is -0.484 e. The van der Waals surface area contributed by atoms with Crippen LogP contribution in [0.15, 0.2) is 23.2 Å². The zero-order chi connectivity index (χ0) is 19.7. The summed E-state index contributed by atoms with van der Waals surface area (Å²) in [5.74, 6) is -0.0510. The standard InChI is InChI=1S/C19H23F3N2O3/c1-18(9-26-10-18)16(8-23-2)24-17(25)13-5-6-14(12-3-4-12)15(7-13)27-11-19(20,21)22/h5-8,12,16H,3-4,9-11H2,1-2H3,(H,24,25)/b23-8-. The van der Waals surface area contributed by atoms with Gasteiger partial charge in [-0.15, -0.1) is 0 Å². The first-order valence-corrected chi connectivity index (χ1v) is 8.86. The number of carbonyl (C=O) groups is 1. The minimum atomic E-state index is -4.43. The van der Waals surface area contributed by atoms with Crippen molar-refractivity contribution in [3.05, 3.63) is 29.3 Å². The van der Waals surface area contributed by atoms with E-state index in [1.165, 1.54) is 6.07 Å². The summed E-state index contributed by atoms with van der Waals surface area (Å²) < 4.78 is 47.9. The van der Waals surface area contributed by atoms with Crippen LogP contribution in [0.1, 0.15) is 41.6 Å². The average Bonchev–Trinajstić information content (AvgIpc) is 3.41. The van der Waals surface area contributed by atoms with Crippen LogP contribution in [0.2, 0.25) is 0 Å². The predicted octanol–water partition coefficient (Wildman–Crippen LogP) is 3.34. The highest BCUT2D eigenvalue weighted by molar-refractivity contribution is 5.96. The van der Waals surface area contributed by atoms with Gasteiger partial charge in [0, 0.05) is 24.2 Å². The van der Waals surface area contributed by atoms with Crippen LogP contribution in [0.4, 0.5) is 13.2 Å². The van der Waals surface area contributed by atoms with Gasteiger partial charge < -0.3 is 14.8 Å². The second-order valence-electron chi connectivity index (χ2n) is 7.44. The molecule has 1 aromatic rings. The van der Waals surface area contributed by atoms with E-state index in [9.17, 15) is 18.0 Å². The Morgan fingerprint density at radius 2 is 2.15 bits per heavy atom. The van der Waals surface area contributed by atoms with Crippen LogP contribution < -0.4 is 10.1 Å². The number of nitrogens with zero attached hydrogens (tertiary/aromatic N) is 1. The number of rotatable bonds is 7. The number of ether oxygens (including phenoxy) is 2. The van der Waals surface area contributed by atoms with Crippen molar-refractivity contribution in [3.8, 4) is 5.75 Å². The third-order valence-corrected chi connectivity index (χ3v) is 4.88. The lowest BCUT2D eigenvalue weighted by Crippen LogP contribution is -2.57. The zero-order valence-corrected chi connectivity index (χ0v) is 15.3. The van der Waals surface area contributed by atoms with Crippen molar-refractivity contribution in [2.75, 3.05) is 26.9 Å². The highest BCUT2D eigenvalue weighted by Crippen LogP contribution is 2.44. The maximum Gasteiger partial charge on any atom is 0.422 e. The smallest absolute Gasteiger partial charge is 0.422 e. The third-order valence-electron chi connectivity index (χ3n) is 4.88. The Hall–Kier alpha value is -2.09. The molecule has 27 heavy (non-hydrogen) atoms. The van der Waals surface area contributed by atoms with Crippen molar-refractivity contribution in [3.63, 3.8) is 0 Å². The number of benzene rings is 1. The number of hydrogen-bond acceptors (Lipinski definition) is 4. The Morgan fingerprint density at radius 3 is 2.67 bits per heavy atom. The van der Waals surface area contributed by atoms with E-state index in [0.717, 1.165) is 18.4 Å². The second-order valence-corrected chi connectivity index (χ2v) is 7.44. The summed E-state index contributed by atoms with van der Waals surface area (Å²) in [6.07, 6.45) is -0.941. The lowest BCUT2D eigenvalue weighted by atomic mass is 9.80. The normalized spacial score (nSPS) is 20.2. The highest BCUT2D eigenvalue weighted by atomic mass is 19.4. The van der Waals surface area contributed by atoms with Crippen LogP contribution in [0, 0.1) is 5.41 Å². The van der Waals surface area contributed by atoms with E-state index >= 15 is 0 Å². The maximum absolute atomic E-state index is 12.7. The molecule has 8 heteroatoms. The van der Waals surface area contributed by atoms with Gasteiger partial charge in [0.1, 0.15) is 5.75 Å². The first-order valence-electron chi connectivity index (χ1n) is 8.86. The summed E-state index contributed by atoms with van der Waals surface area (Å²) in [4.78, 5) is 16.7. The van der Waals surface area contributed by atoms with E-state index in [1.54, 1.807) is 25.4 Å². The number of alkyl halides is 3. The molecule has 1 aromatic carbocycles. The van der Waals surface area contributed by atoms with Gasteiger partial charge in [-0.25, -0.2) is 0 Å². The topological polar surface area (TPSA) is 59.9 Å². The van der Waals surface area contributed by atoms with Crippen molar-refractivity contribution in [1.82, 2.24) is 5.32 Å². The zero-order valence-electron chi connectivity index (χ0n) is 15.3. The van der Waals surface area contributed by atoms with Crippen molar-refractivity contribution >= 4 is 12.1 Å². The van der Waals surface area contributed by atoms with E-state index in [2.05, 4.69) is 10.3 Å². The first kappa shape index (κ1) is 19.7. The molecule has 1 saturated carbocycles. The Balaban J connectivity index is 1.77. The van der Waals surface area contributed by atoms with E-state index in [0.29, 0.717) is 13.2 Å². The lowest BCUT2D eigenvalue weighted by Gasteiger charge is -2.43. The number of hydrogen-bond donors (Lipinski definition) is 1. The van der Waals surface area contributed by atoms with Crippen LogP contribution in [0.25, 0.3) is 0 Å². The van der Waals surface area contributed by atoms with Crippen molar-refractivity contribution in [2.45, 2.75) is 37.9 Å². The van der Waals surface area contributed by atoms with Gasteiger partial charge in [0.25, 0.3) is 5.91 Å². The molecule has 5 nitrogen and oxygen atoms in total. The summed E-state index contributed by atoms with van der Waals surface area (Å²) >= 11 is 0. The molecule has 2 fully saturated rings. The Labute approximate surface area is 155 Å². The van der Waals surface area contributed by atoms with Gasteiger partial charge in [0.2, 0.25) is 0 Å². The van der Waals surface area contributed by atoms with Crippen molar-refractivity contribution < 1.29 is 27.4 Å². The van der Waals surface area contributed by atoms with Gasteiger partial charge in [0.15, 0.2) is 6.61 Å². The van der Waals surface area contributed by atoms with Crippen LogP contribution in [-0.4, -0.2) is 51.2 Å². The van der Waals surface area contributed by atoms with Crippen LogP contribution in [-0.2, 0) is 4.74 Å². The molecule has 0 spiro atoms. The lowest BCUT2D eigenvalue weighted by molar-refractivity contribution is -0.153. The Kier molecular flexibility index (Phi) is 5.46. The first-order chi connectivity index (χ1) is 12.7. The van der Waals surface area contributed by atoms with E-state index in [-0.39, 0.29) is 34.6 Å². The predicted molar refractivity (Wildman–Crippen MR) is 94.6 cm³/mol. The number of carbonyl (C=O) groups excluding carboxylic acids is 1. The summed E-state index contributed by atoms with van der Waals surface area (Å²) in [5, 5.41) is 2.89. The highest BCUT2D eigenvalue weighted by Gasteiger charge is 2.41. The second kappa shape index (κ2) is 7.50. The van der Waals surface area contributed by atoms with Gasteiger partial charge in [-0.3, -0.25) is 9.79 Å². The summed E-state index contributed by atoms with van der Waals surface area (Å²) in [5.41, 5.74) is 0.732. The molecule has 1 aliphatic carbocycles. The SMILES string of the molecule is C/N=C\C(NC(=O)c1ccc(C2CC2)c(OCC(F)(F)F)c1)C1(C)COC1. The van der Waals surface area contributed by atoms with Gasteiger partial charge in [-0.2, -0.15) is 13.2 Å². The summed E-state index contributed by atoms with van der Waals surface area (Å²) in [6, 6.07) is 4.39. The van der Waals surface area contributed by atoms with Crippen LogP contribution >= 0.6 is 0 Å². The van der Waals surface area contributed by atoms with E-state index < -0.39 is 12.8 Å². The van der Waals surface area contributed by atoms with Crippen LogP contribution in [0.3, 0.4) is 0 Å². The molecule has 2 aliphatic rings. The van der Waals surface area contributed by atoms with Crippen LogP contribution in [0.5, 0.6) is 5.75 Å². The molecule has 1 heterocycles. The van der Waals surface area contributed by atoms with E-state index in [1.807, 2.05) is 6.92 Å². The number of aliphatic imine (C=N–C) groups is 1. The van der Waals surface area contributed by atoms with Gasteiger partial charge in [-0.05, 0) is 36.5 Å². The molecule has 0 bridgehead atoms. The fourth-order valence-electron chi connectivity index (χ4n) is 3.06. The fraction of sp³-hybridized carbons (Fsp3) is 0.579. The molecule has 148 valence electrons. The minimum absolute atomic E-state index is 0.126. The molecule has 0 aromatic heterocycles. The molecular formula is C19H23F3N2O3. The van der Waals surface area contributed by atoms with Gasteiger partial charge in [0.05, 0.1) is 19.3 Å². The number of nitrogens with one attached hydrogen (secondary N) is 1. The Bertz CT molecular complexity index is 725. The summed E-state index contributed by atoms with van der Waals surface area (Å²) in [7, 11) is 1.62. The number of amides is 1. The molecule has 1 N–H and O–H groups in total. The largest absolute Gasteiger partial charge is 0.484 e. The molecule has 1 atom stereocenters. The molecule has 1 aliphatic heterocycles. The molecule has 1 unspecified atom stereocenters. The molecule has 3 rings (SSSR count). The van der Waals surface area contributed by atoms with E-state index in [4.69, 9.17) is 9.47 Å². The third kappa shape index (κ3) is 4.80. The maximum atomic E-state index is 12.7. The molecule has 1 amide bonds. The quantitative estimate of drug-likeness (QED) is 0.734. The van der Waals surface area contributed by atoms with Gasteiger partial charge in [-0.1, -0.05) is 13.0 Å². The van der Waals surface area contributed by atoms with Crippen molar-refractivity contribution in [1.29, 1.82) is 0 Å². The summed E-state index contributed by atoms with van der Waals surface area (Å²) in [6.45, 7) is 1.62. The molecular weight excluding hydrogens is 361 g/mol. The van der Waals surface area contributed by atoms with Crippen molar-refractivity contribution in [2.24, 2.45) is 10.4 Å². The Morgan fingerprint density at radius 1 is 1.44 bits per heavy atom. The molecule has 1 saturated heterocycles. The fourth-order valence-corrected chi connectivity index (χ4v) is 3.06.